The largest absolute Gasteiger partial charge is 0.310 e. The molecule has 0 aliphatic carbocycles. The predicted octanol–water partition coefficient (Wildman–Crippen LogP) is 4.12. The number of nitrogens with one attached hydrogen (secondary N) is 2. The van der Waals surface area contributed by atoms with Crippen molar-refractivity contribution in [3.05, 3.63) is 86.7 Å². The third-order valence-electron chi connectivity index (χ3n) is 4.73. The summed E-state index contributed by atoms with van der Waals surface area (Å²) in [5.74, 6) is -2.02. The van der Waals surface area contributed by atoms with Crippen molar-refractivity contribution in [3.63, 3.8) is 0 Å². The van der Waals surface area contributed by atoms with Gasteiger partial charge in [0.1, 0.15) is 17.5 Å². The van der Waals surface area contributed by atoms with Gasteiger partial charge in [-0.2, -0.15) is 0 Å². The zero-order valence-electron chi connectivity index (χ0n) is 15.5. The van der Waals surface area contributed by atoms with E-state index in [1.165, 1.54) is 17.8 Å². The van der Waals surface area contributed by atoms with Crippen molar-refractivity contribution < 1.29 is 13.6 Å². The van der Waals surface area contributed by atoms with E-state index in [9.17, 15) is 18.4 Å². The van der Waals surface area contributed by atoms with Crippen LogP contribution in [0.2, 0.25) is 0 Å². The summed E-state index contributed by atoms with van der Waals surface area (Å²) in [4.78, 5) is 32.0. The van der Waals surface area contributed by atoms with Gasteiger partial charge in [0, 0.05) is 24.2 Å². The number of anilines is 1. The molecule has 0 fully saturated rings. The van der Waals surface area contributed by atoms with E-state index in [4.69, 9.17) is 0 Å². The lowest BCUT2D eigenvalue weighted by Crippen LogP contribution is -2.31. The number of aryl methyl sites for hydroxylation is 1. The second-order valence-corrected chi connectivity index (χ2v) is 7.85. The van der Waals surface area contributed by atoms with Crippen molar-refractivity contribution in [1.29, 1.82) is 0 Å². The van der Waals surface area contributed by atoms with Gasteiger partial charge in [0.15, 0.2) is 5.16 Å². The summed E-state index contributed by atoms with van der Waals surface area (Å²) in [7, 11) is 0. The molecule has 2 N–H and O–H groups in total. The number of benzene rings is 2. The summed E-state index contributed by atoms with van der Waals surface area (Å²) in [6.07, 6.45) is -0.115. The molecule has 29 heavy (non-hydrogen) atoms. The predicted molar refractivity (Wildman–Crippen MR) is 107 cm³/mol. The van der Waals surface area contributed by atoms with Crippen molar-refractivity contribution in [1.82, 2.24) is 9.97 Å². The maximum atomic E-state index is 14.3. The topological polar surface area (TPSA) is 74.8 Å². The fourth-order valence-corrected chi connectivity index (χ4v) is 4.23. The smallest absolute Gasteiger partial charge is 0.257 e. The minimum Gasteiger partial charge on any atom is -0.310 e. The molecule has 1 atom stereocenters. The molecule has 3 aromatic rings. The van der Waals surface area contributed by atoms with Crippen molar-refractivity contribution in [2.45, 2.75) is 30.2 Å². The Morgan fingerprint density at radius 1 is 1.17 bits per heavy atom. The van der Waals surface area contributed by atoms with Crippen molar-refractivity contribution in [2.75, 3.05) is 5.32 Å². The first kappa shape index (κ1) is 19.3. The highest BCUT2D eigenvalue weighted by atomic mass is 32.2. The van der Waals surface area contributed by atoms with Crippen LogP contribution in [0.1, 0.15) is 34.6 Å². The first-order chi connectivity index (χ1) is 13.9. The van der Waals surface area contributed by atoms with E-state index < -0.39 is 23.1 Å². The van der Waals surface area contributed by atoms with Crippen LogP contribution in [-0.4, -0.2) is 15.9 Å². The van der Waals surface area contributed by atoms with Gasteiger partial charge in [0.25, 0.3) is 5.56 Å². The van der Waals surface area contributed by atoms with Crippen LogP contribution in [0.5, 0.6) is 0 Å². The van der Waals surface area contributed by atoms with Crippen LogP contribution in [0, 0.1) is 18.6 Å². The lowest BCUT2D eigenvalue weighted by atomic mass is 9.86. The highest BCUT2D eigenvalue weighted by Gasteiger charge is 2.32. The molecule has 148 valence electrons. The Bertz CT molecular complexity index is 1160. The first-order valence-electron chi connectivity index (χ1n) is 8.98. The average Bonchev–Trinajstić information content (AvgIpc) is 2.65. The molecule has 8 heteroatoms. The van der Waals surface area contributed by atoms with E-state index in [0.29, 0.717) is 10.9 Å². The maximum Gasteiger partial charge on any atom is 0.257 e. The number of aromatic nitrogens is 2. The zero-order chi connectivity index (χ0) is 20.5. The SMILES string of the molecule is Cc1cccc(CSc2nc3c(c(=O)[nH]2)[C@@H](c2ccc(F)cc2F)CC(=O)N3)c1. The van der Waals surface area contributed by atoms with Gasteiger partial charge in [0.05, 0.1) is 5.56 Å². The van der Waals surface area contributed by atoms with Crippen molar-refractivity contribution in [2.24, 2.45) is 0 Å². The van der Waals surface area contributed by atoms with Crippen molar-refractivity contribution in [3.8, 4) is 0 Å². The number of H-pyrrole nitrogens is 1. The lowest BCUT2D eigenvalue weighted by Gasteiger charge is -2.24. The van der Waals surface area contributed by atoms with E-state index in [2.05, 4.69) is 15.3 Å². The summed E-state index contributed by atoms with van der Waals surface area (Å²) in [6.45, 7) is 2.00. The van der Waals surface area contributed by atoms with Crippen LogP contribution in [0.4, 0.5) is 14.6 Å². The summed E-state index contributed by atoms with van der Waals surface area (Å²) in [5.41, 5.74) is 2.03. The van der Waals surface area contributed by atoms with Crippen LogP contribution in [-0.2, 0) is 10.5 Å². The van der Waals surface area contributed by atoms with E-state index in [1.807, 2.05) is 31.2 Å². The number of amides is 1. The molecule has 4 rings (SSSR count). The van der Waals surface area contributed by atoms with Gasteiger partial charge in [-0.25, -0.2) is 13.8 Å². The van der Waals surface area contributed by atoms with Gasteiger partial charge in [-0.15, -0.1) is 0 Å². The number of rotatable bonds is 4. The average molecular weight is 413 g/mol. The molecular formula is C21H17F2N3O2S. The number of carbonyl (C=O) groups is 1. The van der Waals surface area contributed by atoms with Crippen molar-refractivity contribution >= 4 is 23.5 Å². The molecule has 0 radical (unpaired) electrons. The van der Waals surface area contributed by atoms with Crippen LogP contribution in [0.25, 0.3) is 0 Å². The van der Waals surface area contributed by atoms with E-state index in [-0.39, 0.29) is 29.3 Å². The molecule has 0 saturated heterocycles. The fourth-order valence-electron chi connectivity index (χ4n) is 3.42. The number of nitrogens with zero attached hydrogens (tertiary/aromatic N) is 1. The molecule has 1 aromatic heterocycles. The third kappa shape index (κ3) is 4.07. The number of thioether (sulfide) groups is 1. The maximum absolute atomic E-state index is 14.3. The monoisotopic (exact) mass is 413 g/mol. The Morgan fingerprint density at radius 2 is 2.00 bits per heavy atom. The fraction of sp³-hybridized carbons (Fsp3) is 0.190. The first-order valence-corrected chi connectivity index (χ1v) is 9.96. The Kier molecular flexibility index (Phi) is 5.19. The minimum atomic E-state index is -0.827. The number of aromatic amines is 1. The van der Waals surface area contributed by atoms with Gasteiger partial charge < -0.3 is 10.3 Å². The summed E-state index contributed by atoms with van der Waals surface area (Å²) in [5, 5.41) is 2.96. The van der Waals surface area contributed by atoms with Gasteiger partial charge in [-0.05, 0) is 24.1 Å². The van der Waals surface area contributed by atoms with Gasteiger partial charge in [0.2, 0.25) is 5.91 Å². The Balaban J connectivity index is 1.67. The minimum absolute atomic E-state index is 0.0926. The lowest BCUT2D eigenvalue weighted by molar-refractivity contribution is -0.116. The van der Waals surface area contributed by atoms with E-state index in [1.54, 1.807) is 0 Å². The number of hydrogen-bond acceptors (Lipinski definition) is 4. The van der Waals surface area contributed by atoms with Crippen LogP contribution < -0.4 is 10.9 Å². The molecular weight excluding hydrogens is 396 g/mol. The molecule has 1 amide bonds. The van der Waals surface area contributed by atoms with Crippen LogP contribution >= 0.6 is 11.8 Å². The third-order valence-corrected chi connectivity index (χ3v) is 5.67. The Morgan fingerprint density at radius 3 is 2.76 bits per heavy atom. The summed E-state index contributed by atoms with van der Waals surface area (Å²) < 4.78 is 27.6. The molecule has 1 aliphatic rings. The highest BCUT2D eigenvalue weighted by molar-refractivity contribution is 7.98. The zero-order valence-corrected chi connectivity index (χ0v) is 16.3. The molecule has 1 aliphatic heterocycles. The Hall–Kier alpha value is -3.00. The molecule has 0 spiro atoms. The normalized spacial score (nSPS) is 15.7. The van der Waals surface area contributed by atoms with Gasteiger partial charge in [-0.1, -0.05) is 47.7 Å². The van der Waals surface area contributed by atoms with Crippen LogP contribution in [0.3, 0.4) is 0 Å². The number of halogens is 2. The molecule has 0 unspecified atom stereocenters. The number of carbonyl (C=O) groups excluding carboxylic acids is 1. The quantitative estimate of drug-likeness (QED) is 0.498. The molecule has 0 bridgehead atoms. The van der Waals surface area contributed by atoms with E-state index >= 15 is 0 Å². The number of hydrogen-bond donors (Lipinski definition) is 2. The van der Waals surface area contributed by atoms with Crippen LogP contribution in [0.15, 0.2) is 52.4 Å². The summed E-state index contributed by atoms with van der Waals surface area (Å²) >= 11 is 1.33. The highest BCUT2D eigenvalue weighted by Crippen LogP contribution is 2.36. The second-order valence-electron chi connectivity index (χ2n) is 6.88. The molecule has 0 saturated carbocycles. The number of fused-ring (bicyclic) bond motifs is 1. The summed E-state index contributed by atoms with van der Waals surface area (Å²) in [6, 6.07) is 11.1. The molecule has 2 aromatic carbocycles. The van der Waals surface area contributed by atoms with E-state index in [0.717, 1.165) is 23.3 Å². The molecule has 5 nitrogen and oxygen atoms in total. The standard InChI is InChI=1S/C21H17F2N3O2S/c1-11-3-2-4-12(7-11)10-29-21-25-19-18(20(28)26-21)15(9-17(27)24-19)14-6-5-13(22)8-16(14)23/h2-8,15H,9-10H2,1H3,(H2,24,25,26,27,28)/t15-/m1/s1. The van der Waals surface area contributed by atoms with Gasteiger partial charge >= 0.3 is 0 Å². The van der Waals surface area contributed by atoms with Gasteiger partial charge in [-0.3, -0.25) is 9.59 Å². The Labute approximate surface area is 169 Å². The molecule has 2 heterocycles. The second kappa shape index (κ2) is 7.79.